The first-order valence-electron chi connectivity index (χ1n) is 9.00. The smallest absolute Gasteiger partial charge is 0.254 e. The molecule has 0 radical (unpaired) electrons. The standard InChI is InChI=1S/C20H25N3O/c1-16-19-8-5-11-22(19)12-13-23(16)20(24)18-7-4-6-17(14-18)15-21-9-2-3-10-21/h4-8,11,14,16H,2-3,9-10,12-13,15H2,1H3. The first-order valence-corrected chi connectivity index (χ1v) is 9.00. The van der Waals surface area contributed by atoms with E-state index < -0.39 is 0 Å². The largest absolute Gasteiger partial charge is 0.348 e. The minimum absolute atomic E-state index is 0.128. The van der Waals surface area contributed by atoms with Crippen LogP contribution in [0.3, 0.4) is 0 Å². The molecule has 4 rings (SSSR count). The van der Waals surface area contributed by atoms with Crippen molar-refractivity contribution in [2.75, 3.05) is 19.6 Å². The molecule has 1 aromatic heterocycles. The zero-order valence-electron chi connectivity index (χ0n) is 14.3. The fourth-order valence-corrected chi connectivity index (χ4v) is 4.02. The second-order valence-corrected chi connectivity index (χ2v) is 6.98. The molecule has 4 nitrogen and oxygen atoms in total. The summed E-state index contributed by atoms with van der Waals surface area (Å²) in [7, 11) is 0. The molecular formula is C20H25N3O. The van der Waals surface area contributed by atoms with Crippen LogP contribution in [0.25, 0.3) is 0 Å². The fraction of sp³-hybridized carbons (Fsp3) is 0.450. The van der Waals surface area contributed by atoms with Crippen molar-refractivity contribution < 1.29 is 4.79 Å². The van der Waals surface area contributed by atoms with Gasteiger partial charge in [-0.05, 0) is 62.7 Å². The zero-order chi connectivity index (χ0) is 16.5. The van der Waals surface area contributed by atoms with Crippen molar-refractivity contribution in [2.24, 2.45) is 0 Å². The second-order valence-electron chi connectivity index (χ2n) is 6.98. The molecule has 1 saturated heterocycles. The van der Waals surface area contributed by atoms with Gasteiger partial charge in [-0.1, -0.05) is 12.1 Å². The highest BCUT2D eigenvalue weighted by Gasteiger charge is 2.28. The minimum Gasteiger partial charge on any atom is -0.348 e. The van der Waals surface area contributed by atoms with E-state index in [1.165, 1.54) is 37.2 Å². The van der Waals surface area contributed by atoms with Crippen LogP contribution >= 0.6 is 0 Å². The second kappa shape index (κ2) is 6.44. The van der Waals surface area contributed by atoms with Gasteiger partial charge in [-0.2, -0.15) is 0 Å². The van der Waals surface area contributed by atoms with Crippen LogP contribution in [0.5, 0.6) is 0 Å². The maximum absolute atomic E-state index is 13.0. The first kappa shape index (κ1) is 15.5. The van der Waals surface area contributed by atoms with Gasteiger partial charge in [-0.25, -0.2) is 0 Å². The summed E-state index contributed by atoms with van der Waals surface area (Å²) < 4.78 is 2.25. The number of rotatable bonds is 3. The third kappa shape index (κ3) is 2.86. The lowest BCUT2D eigenvalue weighted by Gasteiger charge is -2.35. The summed E-state index contributed by atoms with van der Waals surface area (Å²) in [5.41, 5.74) is 3.29. The minimum atomic E-state index is 0.128. The average molecular weight is 323 g/mol. The highest BCUT2D eigenvalue weighted by Crippen LogP contribution is 2.27. The van der Waals surface area contributed by atoms with Crippen molar-refractivity contribution in [3.63, 3.8) is 0 Å². The van der Waals surface area contributed by atoms with Gasteiger partial charge in [0.2, 0.25) is 0 Å². The highest BCUT2D eigenvalue weighted by atomic mass is 16.2. The lowest BCUT2D eigenvalue weighted by molar-refractivity contribution is 0.0644. The van der Waals surface area contributed by atoms with Gasteiger partial charge in [-0.3, -0.25) is 9.69 Å². The van der Waals surface area contributed by atoms with Crippen molar-refractivity contribution in [1.82, 2.24) is 14.4 Å². The fourth-order valence-electron chi connectivity index (χ4n) is 4.02. The van der Waals surface area contributed by atoms with Gasteiger partial charge in [0.25, 0.3) is 5.91 Å². The Labute approximate surface area is 143 Å². The molecule has 2 aromatic rings. The molecule has 1 aromatic carbocycles. The summed E-state index contributed by atoms with van der Waals surface area (Å²) in [4.78, 5) is 17.5. The Morgan fingerprint density at radius 1 is 1.08 bits per heavy atom. The highest BCUT2D eigenvalue weighted by molar-refractivity contribution is 5.94. The van der Waals surface area contributed by atoms with Gasteiger partial charge in [0.1, 0.15) is 0 Å². The quantitative estimate of drug-likeness (QED) is 0.867. The van der Waals surface area contributed by atoms with Crippen LogP contribution in [0, 0.1) is 0 Å². The van der Waals surface area contributed by atoms with E-state index in [1.807, 2.05) is 17.0 Å². The molecule has 1 unspecified atom stereocenters. The van der Waals surface area contributed by atoms with Crippen LogP contribution in [0.4, 0.5) is 0 Å². The number of likely N-dealkylation sites (tertiary alicyclic amines) is 1. The maximum atomic E-state index is 13.0. The summed E-state index contributed by atoms with van der Waals surface area (Å²) in [6.07, 6.45) is 4.69. The molecule has 1 amide bonds. The molecule has 0 aliphatic carbocycles. The van der Waals surface area contributed by atoms with E-state index in [2.05, 4.69) is 46.9 Å². The Balaban J connectivity index is 1.52. The Kier molecular flexibility index (Phi) is 4.15. The van der Waals surface area contributed by atoms with Crippen LogP contribution in [0.2, 0.25) is 0 Å². The summed E-state index contributed by atoms with van der Waals surface area (Å²) in [5, 5.41) is 0. The average Bonchev–Trinajstić information content (AvgIpc) is 3.26. The Morgan fingerprint density at radius 3 is 2.75 bits per heavy atom. The predicted molar refractivity (Wildman–Crippen MR) is 94.8 cm³/mol. The molecule has 0 spiro atoms. The SMILES string of the molecule is CC1c2cccn2CCN1C(=O)c1cccc(CN2CCCC2)c1. The van der Waals surface area contributed by atoms with Crippen LogP contribution in [0.1, 0.15) is 47.4 Å². The van der Waals surface area contributed by atoms with Crippen molar-refractivity contribution in [2.45, 2.75) is 38.9 Å². The number of fused-ring (bicyclic) bond motifs is 1. The van der Waals surface area contributed by atoms with Gasteiger partial charge in [-0.15, -0.1) is 0 Å². The van der Waals surface area contributed by atoms with Gasteiger partial charge >= 0.3 is 0 Å². The van der Waals surface area contributed by atoms with Crippen LogP contribution < -0.4 is 0 Å². The molecule has 0 N–H and O–H groups in total. The summed E-state index contributed by atoms with van der Waals surface area (Å²) in [6, 6.07) is 12.5. The van der Waals surface area contributed by atoms with E-state index >= 15 is 0 Å². The molecule has 2 aliphatic rings. The number of carbonyl (C=O) groups is 1. The molecule has 24 heavy (non-hydrogen) atoms. The Bertz CT molecular complexity index is 730. The molecule has 4 heteroatoms. The number of carbonyl (C=O) groups excluding carboxylic acids is 1. The number of aromatic nitrogens is 1. The lowest BCUT2D eigenvalue weighted by atomic mass is 10.1. The lowest BCUT2D eigenvalue weighted by Crippen LogP contribution is -2.40. The molecule has 2 aliphatic heterocycles. The summed E-state index contributed by atoms with van der Waals surface area (Å²) in [5.74, 6) is 0.151. The molecule has 0 saturated carbocycles. The monoisotopic (exact) mass is 323 g/mol. The number of benzene rings is 1. The zero-order valence-corrected chi connectivity index (χ0v) is 14.3. The Morgan fingerprint density at radius 2 is 1.92 bits per heavy atom. The van der Waals surface area contributed by atoms with E-state index in [1.54, 1.807) is 0 Å². The Hall–Kier alpha value is -2.07. The van der Waals surface area contributed by atoms with Crippen LogP contribution in [0.15, 0.2) is 42.6 Å². The van der Waals surface area contributed by atoms with Crippen molar-refractivity contribution in [3.05, 3.63) is 59.4 Å². The van der Waals surface area contributed by atoms with Gasteiger partial charge in [0, 0.05) is 37.1 Å². The van der Waals surface area contributed by atoms with E-state index in [9.17, 15) is 4.79 Å². The molecular weight excluding hydrogens is 298 g/mol. The third-order valence-corrected chi connectivity index (χ3v) is 5.38. The summed E-state index contributed by atoms with van der Waals surface area (Å²) >= 11 is 0. The van der Waals surface area contributed by atoms with Gasteiger partial charge in [0.05, 0.1) is 6.04 Å². The number of hydrogen-bond acceptors (Lipinski definition) is 2. The topological polar surface area (TPSA) is 28.5 Å². The van der Waals surface area contributed by atoms with Gasteiger partial charge in [0.15, 0.2) is 0 Å². The van der Waals surface area contributed by atoms with E-state index in [4.69, 9.17) is 0 Å². The van der Waals surface area contributed by atoms with E-state index in [0.29, 0.717) is 0 Å². The van der Waals surface area contributed by atoms with Gasteiger partial charge < -0.3 is 9.47 Å². The van der Waals surface area contributed by atoms with Crippen molar-refractivity contribution in [3.8, 4) is 0 Å². The molecule has 1 atom stereocenters. The predicted octanol–water partition coefficient (Wildman–Crippen LogP) is 3.30. The van der Waals surface area contributed by atoms with E-state index in [-0.39, 0.29) is 11.9 Å². The van der Waals surface area contributed by atoms with Crippen LogP contribution in [-0.2, 0) is 13.1 Å². The molecule has 1 fully saturated rings. The van der Waals surface area contributed by atoms with Crippen molar-refractivity contribution >= 4 is 5.91 Å². The molecule has 126 valence electrons. The number of nitrogens with zero attached hydrogens (tertiary/aromatic N) is 3. The third-order valence-electron chi connectivity index (χ3n) is 5.38. The summed E-state index contributed by atoms with van der Waals surface area (Å²) in [6.45, 7) is 7.09. The normalized spacial score (nSPS) is 21.0. The van der Waals surface area contributed by atoms with Crippen LogP contribution in [-0.4, -0.2) is 39.9 Å². The first-order chi connectivity index (χ1) is 11.7. The molecule has 0 bridgehead atoms. The van der Waals surface area contributed by atoms with E-state index in [0.717, 1.165) is 25.2 Å². The maximum Gasteiger partial charge on any atom is 0.254 e. The van der Waals surface area contributed by atoms with Crippen molar-refractivity contribution in [1.29, 1.82) is 0 Å². The number of hydrogen-bond donors (Lipinski definition) is 0. The number of amides is 1. The molecule has 3 heterocycles.